The molecule has 1 saturated carbocycles. The minimum Gasteiger partial charge on any atom is -0.508 e. The number of aryl methyl sites for hydroxylation is 1. The summed E-state index contributed by atoms with van der Waals surface area (Å²) < 4.78 is 0. The summed E-state index contributed by atoms with van der Waals surface area (Å²) in [5, 5.41) is 12.7. The van der Waals surface area contributed by atoms with E-state index in [0.717, 1.165) is 25.7 Å². The zero-order chi connectivity index (χ0) is 13.1. The summed E-state index contributed by atoms with van der Waals surface area (Å²) >= 11 is 6.03. The van der Waals surface area contributed by atoms with E-state index in [1.807, 2.05) is 0 Å². The number of nitrogens with one attached hydrogen (secondary N) is 1. The quantitative estimate of drug-likeness (QED) is 0.810. The van der Waals surface area contributed by atoms with Crippen molar-refractivity contribution in [2.45, 2.75) is 44.0 Å². The first-order chi connectivity index (χ1) is 8.56. The summed E-state index contributed by atoms with van der Waals surface area (Å²) in [6, 6.07) is 5.13. The van der Waals surface area contributed by atoms with Gasteiger partial charge in [-0.05, 0) is 56.4 Å². The molecule has 0 aliphatic heterocycles. The summed E-state index contributed by atoms with van der Waals surface area (Å²) in [6.07, 6.45) is 3.80. The Kier molecular flexibility index (Phi) is 4.12. The molecule has 1 aromatic rings. The van der Waals surface area contributed by atoms with Crippen molar-refractivity contribution in [3.8, 4) is 5.75 Å². The van der Waals surface area contributed by atoms with Crippen LogP contribution in [0.25, 0.3) is 0 Å². The van der Waals surface area contributed by atoms with Crippen LogP contribution < -0.4 is 5.32 Å². The topological polar surface area (TPSA) is 49.3 Å². The Bertz CT molecular complexity index is 439. The van der Waals surface area contributed by atoms with Crippen molar-refractivity contribution in [1.82, 2.24) is 5.32 Å². The first-order valence-corrected chi connectivity index (χ1v) is 6.74. The molecule has 3 nitrogen and oxygen atoms in total. The maximum atomic E-state index is 12.0. The molecule has 0 atom stereocenters. The maximum Gasteiger partial charge on any atom is 0.251 e. The SMILES string of the molecule is Cc1cc(C(=O)NC2CCC(Cl)CC2)ccc1O. The summed E-state index contributed by atoms with van der Waals surface area (Å²) in [5.41, 5.74) is 1.31. The third-order valence-corrected chi connectivity index (χ3v) is 3.89. The minimum atomic E-state index is -0.0730. The van der Waals surface area contributed by atoms with Crippen LogP contribution in [0.2, 0.25) is 0 Å². The molecule has 0 unspecified atom stereocenters. The second-order valence-electron chi connectivity index (χ2n) is 4.92. The molecule has 0 radical (unpaired) electrons. The van der Waals surface area contributed by atoms with E-state index >= 15 is 0 Å². The minimum absolute atomic E-state index is 0.0730. The van der Waals surface area contributed by atoms with Crippen molar-refractivity contribution in [2.24, 2.45) is 0 Å². The molecule has 1 aliphatic carbocycles. The number of phenols is 1. The Morgan fingerprint density at radius 2 is 2.00 bits per heavy atom. The second kappa shape index (κ2) is 5.61. The molecule has 18 heavy (non-hydrogen) atoms. The second-order valence-corrected chi connectivity index (χ2v) is 5.54. The number of rotatable bonds is 2. The van der Waals surface area contributed by atoms with Crippen LogP contribution >= 0.6 is 11.6 Å². The van der Waals surface area contributed by atoms with Crippen molar-refractivity contribution in [1.29, 1.82) is 0 Å². The third-order valence-electron chi connectivity index (χ3n) is 3.45. The highest BCUT2D eigenvalue weighted by Crippen LogP contribution is 2.23. The smallest absolute Gasteiger partial charge is 0.251 e. The zero-order valence-corrected chi connectivity index (χ0v) is 11.2. The Morgan fingerprint density at radius 1 is 1.33 bits per heavy atom. The molecule has 4 heteroatoms. The molecule has 1 fully saturated rings. The lowest BCUT2D eigenvalue weighted by molar-refractivity contribution is 0.0928. The van der Waals surface area contributed by atoms with Crippen LogP contribution in [0, 0.1) is 6.92 Å². The molecule has 1 aromatic carbocycles. The van der Waals surface area contributed by atoms with E-state index in [4.69, 9.17) is 11.6 Å². The van der Waals surface area contributed by atoms with Crippen molar-refractivity contribution < 1.29 is 9.90 Å². The lowest BCUT2D eigenvalue weighted by Gasteiger charge is -2.25. The number of carbonyl (C=O) groups excluding carboxylic acids is 1. The summed E-state index contributed by atoms with van der Waals surface area (Å²) in [5.74, 6) is 0.144. The standard InChI is InChI=1S/C14H18ClNO2/c1-9-8-10(2-7-13(9)17)14(18)16-12-5-3-11(15)4-6-12/h2,7-8,11-12,17H,3-6H2,1H3,(H,16,18). The van der Waals surface area contributed by atoms with E-state index in [1.54, 1.807) is 25.1 Å². The van der Waals surface area contributed by atoms with Gasteiger partial charge in [-0.15, -0.1) is 11.6 Å². The lowest BCUT2D eigenvalue weighted by Crippen LogP contribution is -2.37. The van der Waals surface area contributed by atoms with Gasteiger partial charge < -0.3 is 10.4 Å². The Morgan fingerprint density at radius 3 is 2.61 bits per heavy atom. The third kappa shape index (κ3) is 3.16. The van der Waals surface area contributed by atoms with Gasteiger partial charge in [-0.25, -0.2) is 0 Å². The molecular formula is C14H18ClNO2. The molecule has 2 rings (SSSR count). The molecule has 0 heterocycles. The van der Waals surface area contributed by atoms with Gasteiger partial charge in [-0.1, -0.05) is 0 Å². The molecule has 98 valence electrons. The van der Waals surface area contributed by atoms with Gasteiger partial charge in [0.15, 0.2) is 0 Å². The number of phenolic OH excluding ortho intramolecular Hbond substituents is 1. The normalized spacial score (nSPS) is 23.7. The molecule has 2 N–H and O–H groups in total. The van der Waals surface area contributed by atoms with Crippen LogP contribution in [0.1, 0.15) is 41.6 Å². The van der Waals surface area contributed by atoms with E-state index in [0.29, 0.717) is 11.1 Å². The van der Waals surface area contributed by atoms with Crippen molar-refractivity contribution in [3.63, 3.8) is 0 Å². The lowest BCUT2D eigenvalue weighted by atomic mass is 9.94. The first kappa shape index (κ1) is 13.2. The van der Waals surface area contributed by atoms with Crippen LogP contribution in [0.3, 0.4) is 0 Å². The number of alkyl halides is 1. The van der Waals surface area contributed by atoms with Gasteiger partial charge >= 0.3 is 0 Å². The Labute approximate surface area is 112 Å². The van der Waals surface area contributed by atoms with E-state index in [-0.39, 0.29) is 23.1 Å². The van der Waals surface area contributed by atoms with Crippen molar-refractivity contribution in [2.75, 3.05) is 0 Å². The molecule has 1 amide bonds. The molecule has 1 aliphatic rings. The van der Waals surface area contributed by atoms with Gasteiger partial charge in [-0.2, -0.15) is 0 Å². The van der Waals surface area contributed by atoms with Gasteiger partial charge in [0, 0.05) is 17.0 Å². The fourth-order valence-corrected chi connectivity index (χ4v) is 2.51. The largest absolute Gasteiger partial charge is 0.508 e. The summed E-state index contributed by atoms with van der Waals surface area (Å²) in [7, 11) is 0. The van der Waals surface area contributed by atoms with E-state index in [9.17, 15) is 9.90 Å². The predicted molar refractivity (Wildman–Crippen MR) is 72.2 cm³/mol. The molecule has 0 spiro atoms. The van der Waals surface area contributed by atoms with Crippen molar-refractivity contribution in [3.05, 3.63) is 29.3 Å². The highest BCUT2D eigenvalue weighted by atomic mass is 35.5. The first-order valence-electron chi connectivity index (χ1n) is 6.31. The van der Waals surface area contributed by atoms with Crippen molar-refractivity contribution >= 4 is 17.5 Å². The predicted octanol–water partition coefficient (Wildman–Crippen LogP) is 2.98. The summed E-state index contributed by atoms with van der Waals surface area (Å²) in [6.45, 7) is 1.78. The number of hydrogen-bond donors (Lipinski definition) is 2. The van der Waals surface area contributed by atoms with Gasteiger partial charge in [0.05, 0.1) is 0 Å². The number of aromatic hydroxyl groups is 1. The van der Waals surface area contributed by atoms with Crippen LogP contribution in [-0.4, -0.2) is 22.4 Å². The fraction of sp³-hybridized carbons (Fsp3) is 0.500. The maximum absolute atomic E-state index is 12.0. The van der Waals surface area contributed by atoms with Crippen LogP contribution in [0.4, 0.5) is 0 Å². The van der Waals surface area contributed by atoms with Crippen LogP contribution in [0.5, 0.6) is 5.75 Å². The number of halogens is 1. The average molecular weight is 268 g/mol. The van der Waals surface area contributed by atoms with Gasteiger partial charge in [0.2, 0.25) is 0 Å². The van der Waals surface area contributed by atoms with Gasteiger partial charge in [0.1, 0.15) is 5.75 Å². The fourth-order valence-electron chi connectivity index (χ4n) is 2.26. The Hall–Kier alpha value is -1.22. The van der Waals surface area contributed by atoms with Crippen LogP contribution in [-0.2, 0) is 0 Å². The average Bonchev–Trinajstić information content (AvgIpc) is 2.35. The Balaban J connectivity index is 1.97. The molecule has 0 saturated heterocycles. The molecular weight excluding hydrogens is 250 g/mol. The zero-order valence-electron chi connectivity index (χ0n) is 10.4. The summed E-state index contributed by atoms with van der Waals surface area (Å²) in [4.78, 5) is 12.0. The highest BCUT2D eigenvalue weighted by molar-refractivity contribution is 6.20. The number of benzene rings is 1. The van der Waals surface area contributed by atoms with Gasteiger partial charge in [-0.3, -0.25) is 4.79 Å². The molecule has 0 aromatic heterocycles. The highest BCUT2D eigenvalue weighted by Gasteiger charge is 2.21. The number of carbonyl (C=O) groups is 1. The van der Waals surface area contributed by atoms with E-state index in [1.165, 1.54) is 0 Å². The molecule has 0 bridgehead atoms. The van der Waals surface area contributed by atoms with Crippen LogP contribution in [0.15, 0.2) is 18.2 Å². The monoisotopic (exact) mass is 267 g/mol. The van der Waals surface area contributed by atoms with E-state index in [2.05, 4.69) is 5.32 Å². The van der Waals surface area contributed by atoms with Gasteiger partial charge in [0.25, 0.3) is 5.91 Å². The number of amides is 1. The number of hydrogen-bond acceptors (Lipinski definition) is 2. The van der Waals surface area contributed by atoms with E-state index < -0.39 is 0 Å².